The molecule has 2 N–H and O–H groups in total. The van der Waals surface area contributed by atoms with E-state index in [0.717, 1.165) is 18.2 Å². The van der Waals surface area contributed by atoms with Crippen molar-refractivity contribution >= 4 is 23.0 Å². The van der Waals surface area contributed by atoms with E-state index in [2.05, 4.69) is 5.32 Å². The lowest BCUT2D eigenvalue weighted by Crippen LogP contribution is -2.06. The number of nitro benzene ring substituents is 1. The van der Waals surface area contributed by atoms with Crippen LogP contribution in [-0.4, -0.2) is 44.4 Å². The molecule has 0 fully saturated rings. The number of nitro groups is 1. The zero-order valence-electron chi connectivity index (χ0n) is 15.1. The van der Waals surface area contributed by atoms with E-state index in [-0.39, 0.29) is 39.9 Å². The molecule has 0 saturated heterocycles. The van der Waals surface area contributed by atoms with Gasteiger partial charge >= 0.3 is 5.97 Å². The first kappa shape index (κ1) is 19.6. The number of non-ortho nitro benzene ring substituents is 1. The Balaban J connectivity index is 2.68. The molecule has 0 aromatic heterocycles. The molecule has 10 heteroatoms. The maximum atomic E-state index is 11.5. The summed E-state index contributed by atoms with van der Waals surface area (Å²) < 4.78 is 21.2. The monoisotopic (exact) mass is 378 g/mol. The number of aromatic carboxylic acids is 1. The highest BCUT2D eigenvalue weighted by molar-refractivity contribution is 5.96. The van der Waals surface area contributed by atoms with Gasteiger partial charge in [-0.1, -0.05) is 0 Å². The molecule has 2 rings (SSSR count). The molecule has 0 atom stereocenters. The van der Waals surface area contributed by atoms with Crippen LogP contribution in [0.4, 0.5) is 17.1 Å². The van der Waals surface area contributed by atoms with Crippen molar-refractivity contribution in [3.8, 4) is 23.0 Å². The fraction of sp³-hybridized carbons (Fsp3) is 0.235. The molecule has 10 nitrogen and oxygen atoms in total. The maximum absolute atomic E-state index is 11.5. The van der Waals surface area contributed by atoms with Crippen molar-refractivity contribution < 1.29 is 33.8 Å². The van der Waals surface area contributed by atoms with E-state index in [1.165, 1.54) is 34.5 Å². The minimum absolute atomic E-state index is 0.00396. The number of carbonyl (C=O) groups is 1. The molecule has 0 spiro atoms. The second-order valence-corrected chi connectivity index (χ2v) is 5.14. The zero-order chi connectivity index (χ0) is 20.1. The van der Waals surface area contributed by atoms with Crippen molar-refractivity contribution in [2.24, 2.45) is 0 Å². The van der Waals surface area contributed by atoms with Gasteiger partial charge in [0.25, 0.3) is 5.69 Å². The van der Waals surface area contributed by atoms with Crippen LogP contribution in [0.5, 0.6) is 23.0 Å². The Labute approximate surface area is 154 Å². The molecule has 0 saturated carbocycles. The number of benzene rings is 2. The van der Waals surface area contributed by atoms with Crippen LogP contribution >= 0.6 is 0 Å². The van der Waals surface area contributed by atoms with Crippen molar-refractivity contribution in [1.29, 1.82) is 0 Å². The maximum Gasteiger partial charge on any atom is 0.337 e. The summed E-state index contributed by atoms with van der Waals surface area (Å²) in [6, 6.07) is 4.88. The molecule has 0 aliphatic heterocycles. The van der Waals surface area contributed by atoms with E-state index < -0.39 is 10.9 Å². The Kier molecular flexibility index (Phi) is 5.91. The smallest absolute Gasteiger partial charge is 0.337 e. The van der Waals surface area contributed by atoms with Crippen LogP contribution in [0.2, 0.25) is 0 Å². The van der Waals surface area contributed by atoms with Crippen LogP contribution in [0.15, 0.2) is 24.3 Å². The SMILES string of the molecule is COc1cc(Nc2cc([N+](=O)[O-])ccc2C(=O)O)c(OC)c(OC)c1OC. The predicted octanol–water partition coefficient (Wildman–Crippen LogP) is 3.07. The number of carboxylic acid groups (broad SMARTS) is 1. The molecule has 0 unspecified atom stereocenters. The molecule has 2 aromatic carbocycles. The van der Waals surface area contributed by atoms with Crippen LogP contribution in [0.25, 0.3) is 0 Å². The zero-order valence-corrected chi connectivity index (χ0v) is 15.1. The van der Waals surface area contributed by atoms with Crippen LogP contribution in [0.3, 0.4) is 0 Å². The van der Waals surface area contributed by atoms with Crippen LogP contribution in [-0.2, 0) is 0 Å². The van der Waals surface area contributed by atoms with Gasteiger partial charge in [0, 0.05) is 18.2 Å². The van der Waals surface area contributed by atoms with Gasteiger partial charge in [0.2, 0.25) is 11.5 Å². The third kappa shape index (κ3) is 3.78. The van der Waals surface area contributed by atoms with Crippen molar-refractivity contribution in [3.63, 3.8) is 0 Å². The normalized spacial score (nSPS) is 10.1. The Morgan fingerprint density at radius 3 is 2.07 bits per heavy atom. The Morgan fingerprint density at radius 1 is 0.963 bits per heavy atom. The highest BCUT2D eigenvalue weighted by atomic mass is 16.6. The number of anilines is 2. The van der Waals surface area contributed by atoms with Gasteiger partial charge in [-0.05, 0) is 6.07 Å². The molecular formula is C17H18N2O8. The summed E-state index contributed by atoms with van der Waals surface area (Å²) in [6.07, 6.45) is 0. The summed E-state index contributed by atoms with van der Waals surface area (Å²) in [6.45, 7) is 0. The standard InChI is InChI=1S/C17H18N2O8/c1-24-13-8-12(14(25-2)16(27-4)15(13)26-3)18-11-7-9(19(22)23)5-6-10(11)17(20)21/h5-8,18H,1-4H3,(H,20,21). The second-order valence-electron chi connectivity index (χ2n) is 5.14. The average molecular weight is 378 g/mol. The third-order valence-electron chi connectivity index (χ3n) is 3.70. The van der Waals surface area contributed by atoms with Crippen LogP contribution in [0, 0.1) is 10.1 Å². The minimum atomic E-state index is -1.25. The molecule has 0 bridgehead atoms. The van der Waals surface area contributed by atoms with E-state index in [4.69, 9.17) is 18.9 Å². The molecule has 144 valence electrons. The topological polar surface area (TPSA) is 129 Å². The van der Waals surface area contributed by atoms with Crippen molar-refractivity contribution in [2.75, 3.05) is 33.8 Å². The van der Waals surface area contributed by atoms with E-state index in [1.54, 1.807) is 0 Å². The van der Waals surface area contributed by atoms with Crippen molar-refractivity contribution in [1.82, 2.24) is 0 Å². The number of nitrogens with zero attached hydrogens (tertiary/aromatic N) is 1. The average Bonchev–Trinajstić information content (AvgIpc) is 2.66. The molecule has 2 aromatic rings. The number of rotatable bonds is 8. The summed E-state index contributed by atoms with van der Waals surface area (Å²) in [5.74, 6) is -0.263. The molecule has 27 heavy (non-hydrogen) atoms. The molecule has 0 heterocycles. The summed E-state index contributed by atoms with van der Waals surface area (Å²) >= 11 is 0. The van der Waals surface area contributed by atoms with E-state index in [0.29, 0.717) is 5.75 Å². The van der Waals surface area contributed by atoms with Crippen LogP contribution < -0.4 is 24.3 Å². The summed E-state index contributed by atoms with van der Waals surface area (Å²) in [5.41, 5.74) is -0.149. The Morgan fingerprint density at radius 2 is 1.59 bits per heavy atom. The molecule has 0 aliphatic carbocycles. The molecule has 0 amide bonds. The number of hydrogen-bond acceptors (Lipinski definition) is 8. The van der Waals surface area contributed by atoms with Gasteiger partial charge in [0.15, 0.2) is 11.5 Å². The Bertz CT molecular complexity index is 882. The lowest BCUT2D eigenvalue weighted by Gasteiger charge is -2.19. The van der Waals surface area contributed by atoms with Gasteiger partial charge in [-0.15, -0.1) is 0 Å². The van der Waals surface area contributed by atoms with Gasteiger partial charge in [-0.3, -0.25) is 10.1 Å². The third-order valence-corrected chi connectivity index (χ3v) is 3.70. The largest absolute Gasteiger partial charge is 0.493 e. The van der Waals surface area contributed by atoms with E-state index >= 15 is 0 Å². The van der Waals surface area contributed by atoms with Gasteiger partial charge in [0.05, 0.1) is 50.3 Å². The number of methoxy groups -OCH3 is 4. The number of carboxylic acids is 1. The minimum Gasteiger partial charge on any atom is -0.493 e. The summed E-state index contributed by atoms with van der Waals surface area (Å²) in [4.78, 5) is 21.9. The highest BCUT2D eigenvalue weighted by Gasteiger charge is 2.23. The van der Waals surface area contributed by atoms with Crippen molar-refractivity contribution in [2.45, 2.75) is 0 Å². The fourth-order valence-corrected chi connectivity index (χ4v) is 2.51. The molecule has 0 radical (unpaired) electrons. The quantitative estimate of drug-likeness (QED) is 0.526. The first-order valence-corrected chi connectivity index (χ1v) is 7.53. The van der Waals surface area contributed by atoms with Crippen LogP contribution in [0.1, 0.15) is 10.4 Å². The fourth-order valence-electron chi connectivity index (χ4n) is 2.51. The number of hydrogen-bond donors (Lipinski definition) is 2. The Hall–Kier alpha value is -3.69. The van der Waals surface area contributed by atoms with Gasteiger partial charge in [0.1, 0.15) is 0 Å². The lowest BCUT2D eigenvalue weighted by atomic mass is 10.1. The second kappa shape index (κ2) is 8.13. The van der Waals surface area contributed by atoms with Gasteiger partial charge < -0.3 is 29.4 Å². The molecular weight excluding hydrogens is 360 g/mol. The predicted molar refractivity (Wildman–Crippen MR) is 96.0 cm³/mol. The highest BCUT2D eigenvalue weighted by Crippen LogP contribution is 2.49. The van der Waals surface area contributed by atoms with Gasteiger partial charge in [-0.25, -0.2) is 4.79 Å². The van der Waals surface area contributed by atoms with Gasteiger partial charge in [-0.2, -0.15) is 0 Å². The first-order valence-electron chi connectivity index (χ1n) is 7.53. The lowest BCUT2D eigenvalue weighted by molar-refractivity contribution is -0.384. The van der Waals surface area contributed by atoms with E-state index in [9.17, 15) is 20.0 Å². The van der Waals surface area contributed by atoms with E-state index in [1.807, 2.05) is 0 Å². The number of ether oxygens (including phenoxy) is 4. The molecule has 0 aliphatic rings. The summed E-state index contributed by atoms with van der Waals surface area (Å²) in [7, 11) is 5.64. The number of nitrogens with one attached hydrogen (secondary N) is 1. The van der Waals surface area contributed by atoms with Crippen molar-refractivity contribution in [3.05, 3.63) is 39.9 Å². The first-order chi connectivity index (χ1) is 12.9. The summed E-state index contributed by atoms with van der Waals surface area (Å²) in [5, 5.41) is 23.3.